The molecule has 0 spiro atoms. The molecule has 1 unspecified atom stereocenters. The van der Waals surface area contributed by atoms with E-state index >= 15 is 0 Å². The van der Waals surface area contributed by atoms with Gasteiger partial charge in [0.05, 0.1) is 5.69 Å². The van der Waals surface area contributed by atoms with Crippen LogP contribution in [0.3, 0.4) is 0 Å². The molecule has 1 aromatic heterocycles. The molecule has 0 bridgehead atoms. The molecular formula is C10H17N3O. The molecular weight excluding hydrogens is 178 g/mol. The Bertz CT molecular complexity index is 297. The molecule has 4 heteroatoms. The maximum absolute atomic E-state index is 5.46. The van der Waals surface area contributed by atoms with Crippen LogP contribution in [0.15, 0.2) is 10.6 Å². The van der Waals surface area contributed by atoms with Crippen molar-refractivity contribution < 1.29 is 4.52 Å². The first-order chi connectivity index (χ1) is 6.78. The summed E-state index contributed by atoms with van der Waals surface area (Å²) in [5.74, 6) is 1.70. The molecule has 0 saturated carbocycles. The number of hydrogen-bond donors (Lipinski definition) is 1. The summed E-state index contributed by atoms with van der Waals surface area (Å²) >= 11 is 0. The minimum absolute atomic E-state index is 0.466. The third kappa shape index (κ3) is 2.13. The Labute approximate surface area is 84.0 Å². The van der Waals surface area contributed by atoms with Crippen molar-refractivity contribution >= 4 is 0 Å². The fraction of sp³-hybridized carbons (Fsp3) is 0.700. The molecule has 0 radical (unpaired) electrons. The van der Waals surface area contributed by atoms with E-state index in [1.807, 2.05) is 6.07 Å². The first kappa shape index (κ1) is 9.68. The summed E-state index contributed by atoms with van der Waals surface area (Å²) < 4.78 is 5.20. The van der Waals surface area contributed by atoms with Gasteiger partial charge in [-0.15, -0.1) is 0 Å². The fourth-order valence-electron chi connectivity index (χ4n) is 2.03. The van der Waals surface area contributed by atoms with E-state index in [2.05, 4.69) is 17.1 Å². The van der Waals surface area contributed by atoms with E-state index < -0.39 is 0 Å². The lowest BCUT2D eigenvalue weighted by molar-refractivity contribution is 0.346. The van der Waals surface area contributed by atoms with Gasteiger partial charge in [-0.2, -0.15) is 0 Å². The lowest BCUT2D eigenvalue weighted by atomic mass is 10.0. The zero-order valence-corrected chi connectivity index (χ0v) is 8.57. The molecule has 2 N–H and O–H groups in total. The van der Waals surface area contributed by atoms with Crippen LogP contribution in [0.4, 0.5) is 0 Å². The van der Waals surface area contributed by atoms with Gasteiger partial charge in [0, 0.05) is 25.6 Å². The molecule has 2 rings (SSSR count). The lowest BCUT2D eigenvalue weighted by Crippen LogP contribution is -2.14. The number of nitrogens with zero attached hydrogens (tertiary/aromatic N) is 2. The van der Waals surface area contributed by atoms with E-state index in [1.165, 1.54) is 19.5 Å². The van der Waals surface area contributed by atoms with Crippen LogP contribution in [-0.4, -0.2) is 30.2 Å². The topological polar surface area (TPSA) is 55.3 Å². The van der Waals surface area contributed by atoms with Crippen LogP contribution in [0.5, 0.6) is 0 Å². The highest BCUT2D eigenvalue weighted by atomic mass is 16.5. The van der Waals surface area contributed by atoms with Gasteiger partial charge in [-0.25, -0.2) is 0 Å². The van der Waals surface area contributed by atoms with E-state index in [-0.39, 0.29) is 0 Å². The van der Waals surface area contributed by atoms with Crippen LogP contribution in [-0.2, 0) is 13.0 Å². The highest BCUT2D eigenvalue weighted by Crippen LogP contribution is 2.19. The van der Waals surface area contributed by atoms with Crippen molar-refractivity contribution in [2.24, 2.45) is 11.7 Å². The molecule has 0 aromatic carbocycles. The monoisotopic (exact) mass is 195 g/mol. The SMILES string of the molecule is CN1CCC(Cc2cc(CN)no2)C1. The van der Waals surface area contributed by atoms with Gasteiger partial charge in [-0.1, -0.05) is 5.16 Å². The maximum atomic E-state index is 5.46. The van der Waals surface area contributed by atoms with Crippen molar-refractivity contribution in [1.82, 2.24) is 10.1 Å². The van der Waals surface area contributed by atoms with Gasteiger partial charge in [0.25, 0.3) is 0 Å². The molecule has 0 amide bonds. The van der Waals surface area contributed by atoms with Crippen LogP contribution in [0.25, 0.3) is 0 Å². The van der Waals surface area contributed by atoms with Gasteiger partial charge in [0.2, 0.25) is 0 Å². The predicted octanol–water partition coefficient (Wildman–Crippen LogP) is 0.628. The van der Waals surface area contributed by atoms with Crippen LogP contribution in [0.1, 0.15) is 17.9 Å². The average molecular weight is 195 g/mol. The average Bonchev–Trinajstić information content (AvgIpc) is 2.76. The quantitative estimate of drug-likeness (QED) is 0.768. The van der Waals surface area contributed by atoms with Gasteiger partial charge in [-0.3, -0.25) is 0 Å². The molecule has 1 aliphatic heterocycles. The third-order valence-electron chi connectivity index (χ3n) is 2.80. The molecule has 14 heavy (non-hydrogen) atoms. The minimum atomic E-state index is 0.466. The maximum Gasteiger partial charge on any atom is 0.137 e. The molecule has 4 nitrogen and oxygen atoms in total. The fourth-order valence-corrected chi connectivity index (χ4v) is 2.03. The van der Waals surface area contributed by atoms with Crippen molar-refractivity contribution in [1.29, 1.82) is 0 Å². The highest BCUT2D eigenvalue weighted by Gasteiger charge is 2.21. The largest absolute Gasteiger partial charge is 0.361 e. The van der Waals surface area contributed by atoms with E-state index in [0.717, 1.165) is 23.8 Å². The third-order valence-corrected chi connectivity index (χ3v) is 2.80. The van der Waals surface area contributed by atoms with Gasteiger partial charge in [0.1, 0.15) is 5.76 Å². The molecule has 2 heterocycles. The summed E-state index contributed by atoms with van der Waals surface area (Å²) in [5.41, 5.74) is 6.32. The zero-order valence-electron chi connectivity index (χ0n) is 8.57. The predicted molar refractivity (Wildman–Crippen MR) is 53.7 cm³/mol. The van der Waals surface area contributed by atoms with Crippen molar-refractivity contribution in [3.05, 3.63) is 17.5 Å². The van der Waals surface area contributed by atoms with E-state index in [9.17, 15) is 0 Å². The summed E-state index contributed by atoms with van der Waals surface area (Å²) in [6, 6.07) is 1.97. The first-order valence-electron chi connectivity index (χ1n) is 5.11. The van der Waals surface area contributed by atoms with Crippen LogP contribution in [0.2, 0.25) is 0 Å². The second-order valence-corrected chi connectivity index (χ2v) is 4.11. The second-order valence-electron chi connectivity index (χ2n) is 4.11. The molecule has 1 aliphatic rings. The molecule has 78 valence electrons. The summed E-state index contributed by atoms with van der Waals surface area (Å²) in [6.07, 6.45) is 2.26. The Morgan fingerprint density at radius 1 is 1.71 bits per heavy atom. The molecule has 1 atom stereocenters. The smallest absolute Gasteiger partial charge is 0.137 e. The number of aromatic nitrogens is 1. The zero-order chi connectivity index (χ0) is 9.97. The first-order valence-corrected chi connectivity index (χ1v) is 5.11. The minimum Gasteiger partial charge on any atom is -0.361 e. The second kappa shape index (κ2) is 4.11. The van der Waals surface area contributed by atoms with Gasteiger partial charge < -0.3 is 15.2 Å². The standard InChI is InChI=1S/C10H17N3O/c1-13-3-2-8(7-13)4-10-5-9(6-11)12-14-10/h5,8H,2-4,6-7,11H2,1H3. The summed E-state index contributed by atoms with van der Waals surface area (Å²) in [6.45, 7) is 2.83. The summed E-state index contributed by atoms with van der Waals surface area (Å²) in [7, 11) is 2.16. The van der Waals surface area contributed by atoms with E-state index in [4.69, 9.17) is 10.3 Å². The number of hydrogen-bond acceptors (Lipinski definition) is 4. The molecule has 1 fully saturated rings. The van der Waals surface area contributed by atoms with Gasteiger partial charge >= 0.3 is 0 Å². The number of nitrogens with two attached hydrogens (primary N) is 1. The van der Waals surface area contributed by atoms with Gasteiger partial charge in [0.15, 0.2) is 0 Å². The van der Waals surface area contributed by atoms with E-state index in [0.29, 0.717) is 6.54 Å². The number of rotatable bonds is 3. The molecule has 1 saturated heterocycles. The Kier molecular flexibility index (Phi) is 2.84. The van der Waals surface area contributed by atoms with Crippen LogP contribution >= 0.6 is 0 Å². The van der Waals surface area contributed by atoms with Crippen LogP contribution < -0.4 is 5.73 Å². The van der Waals surface area contributed by atoms with Crippen molar-refractivity contribution in [3.8, 4) is 0 Å². The van der Waals surface area contributed by atoms with Crippen molar-refractivity contribution in [2.75, 3.05) is 20.1 Å². The van der Waals surface area contributed by atoms with Gasteiger partial charge in [-0.05, 0) is 25.9 Å². The van der Waals surface area contributed by atoms with E-state index in [1.54, 1.807) is 0 Å². The van der Waals surface area contributed by atoms with Crippen LogP contribution in [0, 0.1) is 5.92 Å². The summed E-state index contributed by atoms with van der Waals surface area (Å²) in [5, 5.41) is 3.88. The Morgan fingerprint density at radius 3 is 3.14 bits per heavy atom. The normalized spacial score (nSPS) is 23.1. The highest BCUT2D eigenvalue weighted by molar-refractivity contribution is 5.06. The lowest BCUT2D eigenvalue weighted by Gasteiger charge is -2.07. The molecule has 1 aromatic rings. The number of likely N-dealkylation sites (tertiary alicyclic amines) is 1. The summed E-state index contributed by atoms with van der Waals surface area (Å²) in [4.78, 5) is 2.35. The Balaban J connectivity index is 1.90. The Hall–Kier alpha value is -0.870. The van der Waals surface area contributed by atoms with Crippen molar-refractivity contribution in [3.63, 3.8) is 0 Å². The molecule has 0 aliphatic carbocycles. The Morgan fingerprint density at radius 2 is 2.57 bits per heavy atom. The van der Waals surface area contributed by atoms with Crippen molar-refractivity contribution in [2.45, 2.75) is 19.4 Å².